The van der Waals surface area contributed by atoms with E-state index in [1.54, 1.807) is 7.11 Å². The fraction of sp³-hybridized carbons (Fsp3) is 0.800. The molecular weight excluding hydrogens is 246 g/mol. The number of carbonyl (C=O) groups excluding carboxylic acids is 1. The summed E-state index contributed by atoms with van der Waals surface area (Å²) in [5, 5.41) is 11.4. The number of nitrogens with one attached hydrogen (secondary N) is 1. The zero-order valence-corrected chi connectivity index (χ0v) is 11.1. The summed E-state index contributed by atoms with van der Waals surface area (Å²) in [6.07, 6.45) is 0.664. The number of amides is 1. The Labute approximate surface area is 103 Å². The third kappa shape index (κ3) is 5.78. The monoisotopic (exact) mass is 265 g/mol. The summed E-state index contributed by atoms with van der Waals surface area (Å²) < 4.78 is 15.0. The van der Waals surface area contributed by atoms with Crippen LogP contribution in [0.15, 0.2) is 0 Å². The zero-order chi connectivity index (χ0) is 13.5. The number of hydrogen-bond donors (Lipinski definition) is 2. The van der Waals surface area contributed by atoms with E-state index >= 15 is 0 Å². The Morgan fingerprint density at radius 2 is 2.00 bits per heavy atom. The maximum atomic E-state index is 11.7. The summed E-state index contributed by atoms with van der Waals surface area (Å²) in [5.74, 6) is -1.89. The summed E-state index contributed by atoms with van der Waals surface area (Å²) in [6.45, 7) is 3.63. The number of methoxy groups -OCH3 is 1. The molecule has 0 aliphatic heterocycles. The molecule has 7 heteroatoms. The average molecular weight is 265 g/mol. The van der Waals surface area contributed by atoms with Crippen LogP contribution in [0.5, 0.6) is 0 Å². The number of carbonyl (C=O) groups is 2. The van der Waals surface area contributed by atoms with Gasteiger partial charge in [-0.2, -0.15) is 0 Å². The first-order valence-electron chi connectivity index (χ1n) is 5.20. The second kappa shape index (κ2) is 7.39. The van der Waals surface area contributed by atoms with E-state index < -0.39 is 27.4 Å². The third-order valence-corrected chi connectivity index (χ3v) is 4.03. The van der Waals surface area contributed by atoms with Crippen LogP contribution in [-0.4, -0.2) is 52.0 Å². The van der Waals surface area contributed by atoms with E-state index in [-0.39, 0.29) is 5.75 Å². The van der Waals surface area contributed by atoms with Crippen molar-refractivity contribution in [1.82, 2.24) is 5.32 Å². The maximum Gasteiger partial charge on any atom is 0.321 e. The number of carboxylic acid groups (broad SMARTS) is 1. The van der Waals surface area contributed by atoms with Gasteiger partial charge in [0, 0.05) is 31.1 Å². The smallest absolute Gasteiger partial charge is 0.321 e. The molecule has 1 amide bonds. The number of carboxylic acids is 1. The van der Waals surface area contributed by atoms with E-state index in [9.17, 15) is 13.8 Å². The predicted molar refractivity (Wildman–Crippen MR) is 64.2 cm³/mol. The summed E-state index contributed by atoms with van der Waals surface area (Å²) in [5.41, 5.74) is 0. The summed E-state index contributed by atoms with van der Waals surface area (Å²) in [4.78, 5) is 22.1. The van der Waals surface area contributed by atoms with Crippen molar-refractivity contribution in [2.75, 3.05) is 26.0 Å². The second-order valence-electron chi connectivity index (χ2n) is 4.00. The van der Waals surface area contributed by atoms with E-state index in [2.05, 4.69) is 5.32 Å². The standard InChI is InChI=1S/C10H19NO5S/c1-10(2,9(13)14)17(15)7-8(12)11-5-4-6-16-3/h4-7H2,1-3H3,(H,11,12)(H,13,14). The minimum absolute atomic E-state index is 0.299. The lowest BCUT2D eigenvalue weighted by Crippen LogP contribution is -2.41. The van der Waals surface area contributed by atoms with Gasteiger partial charge in [0.15, 0.2) is 0 Å². The van der Waals surface area contributed by atoms with Crippen LogP contribution in [0.3, 0.4) is 0 Å². The van der Waals surface area contributed by atoms with Crippen molar-refractivity contribution in [3.63, 3.8) is 0 Å². The molecule has 0 aromatic rings. The fourth-order valence-corrected chi connectivity index (χ4v) is 1.79. The molecule has 0 saturated carbocycles. The lowest BCUT2D eigenvalue weighted by Gasteiger charge is -2.17. The van der Waals surface area contributed by atoms with Crippen molar-refractivity contribution in [2.24, 2.45) is 0 Å². The fourth-order valence-electron chi connectivity index (χ4n) is 0.892. The van der Waals surface area contributed by atoms with Crippen LogP contribution in [-0.2, 0) is 25.1 Å². The zero-order valence-electron chi connectivity index (χ0n) is 10.3. The first-order valence-corrected chi connectivity index (χ1v) is 6.51. The van der Waals surface area contributed by atoms with E-state index in [0.29, 0.717) is 19.6 Å². The number of ether oxygens (including phenoxy) is 1. The highest BCUT2D eigenvalue weighted by Crippen LogP contribution is 2.12. The van der Waals surface area contributed by atoms with Gasteiger partial charge in [-0.05, 0) is 20.3 Å². The molecule has 0 heterocycles. The van der Waals surface area contributed by atoms with Crippen molar-refractivity contribution < 1.29 is 23.6 Å². The Morgan fingerprint density at radius 1 is 1.41 bits per heavy atom. The lowest BCUT2D eigenvalue weighted by atomic mass is 10.2. The molecule has 6 nitrogen and oxygen atoms in total. The van der Waals surface area contributed by atoms with E-state index in [1.165, 1.54) is 13.8 Å². The molecule has 0 radical (unpaired) electrons. The minimum Gasteiger partial charge on any atom is -0.480 e. The van der Waals surface area contributed by atoms with Gasteiger partial charge in [-0.1, -0.05) is 0 Å². The minimum atomic E-state index is -1.74. The number of hydrogen-bond acceptors (Lipinski definition) is 4. The second-order valence-corrected chi connectivity index (χ2v) is 6.00. The Hall–Kier alpha value is -0.950. The Kier molecular flexibility index (Phi) is 6.98. The van der Waals surface area contributed by atoms with Gasteiger partial charge in [0.25, 0.3) is 0 Å². The first kappa shape index (κ1) is 16.1. The molecule has 0 saturated heterocycles. The number of aliphatic carboxylic acids is 1. The third-order valence-electron chi connectivity index (χ3n) is 2.19. The summed E-state index contributed by atoms with van der Waals surface area (Å²) in [6, 6.07) is 0. The maximum absolute atomic E-state index is 11.7. The van der Waals surface area contributed by atoms with Gasteiger partial charge in [0.2, 0.25) is 5.91 Å². The first-order chi connectivity index (χ1) is 7.82. The molecular formula is C10H19NO5S. The molecule has 1 unspecified atom stereocenters. The van der Waals surface area contributed by atoms with Crippen molar-refractivity contribution in [3.05, 3.63) is 0 Å². The molecule has 0 aliphatic rings. The van der Waals surface area contributed by atoms with E-state index in [1.807, 2.05) is 0 Å². The molecule has 0 rings (SSSR count). The molecule has 0 fully saturated rings. The van der Waals surface area contributed by atoms with Crippen molar-refractivity contribution >= 4 is 22.7 Å². The molecule has 0 spiro atoms. The van der Waals surface area contributed by atoms with Crippen molar-refractivity contribution in [1.29, 1.82) is 0 Å². The molecule has 0 bridgehead atoms. The SMILES string of the molecule is COCCCNC(=O)CS(=O)C(C)(C)C(=O)O. The highest BCUT2D eigenvalue weighted by atomic mass is 32.2. The summed E-state index contributed by atoms with van der Waals surface area (Å²) >= 11 is 0. The van der Waals surface area contributed by atoms with Gasteiger partial charge in [0.05, 0.1) is 0 Å². The van der Waals surface area contributed by atoms with Crippen LogP contribution in [0.4, 0.5) is 0 Å². The largest absolute Gasteiger partial charge is 0.480 e. The Morgan fingerprint density at radius 3 is 2.47 bits per heavy atom. The topological polar surface area (TPSA) is 92.7 Å². The van der Waals surface area contributed by atoms with Crippen molar-refractivity contribution in [2.45, 2.75) is 25.0 Å². The van der Waals surface area contributed by atoms with Crippen LogP contribution in [0.1, 0.15) is 20.3 Å². The van der Waals surface area contributed by atoms with Gasteiger partial charge >= 0.3 is 5.97 Å². The molecule has 2 N–H and O–H groups in total. The molecule has 0 aliphatic carbocycles. The Bertz CT molecular complexity index is 303. The van der Waals surface area contributed by atoms with Crippen LogP contribution < -0.4 is 5.32 Å². The average Bonchev–Trinajstić information content (AvgIpc) is 2.24. The summed E-state index contributed by atoms with van der Waals surface area (Å²) in [7, 11) is -0.179. The van der Waals surface area contributed by atoms with E-state index in [4.69, 9.17) is 9.84 Å². The molecule has 0 aromatic heterocycles. The van der Waals surface area contributed by atoms with Crippen LogP contribution in [0, 0.1) is 0 Å². The molecule has 1 atom stereocenters. The van der Waals surface area contributed by atoms with Gasteiger partial charge in [-0.3, -0.25) is 13.8 Å². The molecule has 100 valence electrons. The van der Waals surface area contributed by atoms with Crippen LogP contribution in [0.25, 0.3) is 0 Å². The van der Waals surface area contributed by atoms with Gasteiger partial charge in [-0.15, -0.1) is 0 Å². The lowest BCUT2D eigenvalue weighted by molar-refractivity contribution is -0.139. The van der Waals surface area contributed by atoms with E-state index in [0.717, 1.165) is 0 Å². The van der Waals surface area contributed by atoms with Crippen molar-refractivity contribution in [3.8, 4) is 0 Å². The quantitative estimate of drug-likeness (QED) is 0.590. The predicted octanol–water partition coefficient (Wildman–Crippen LogP) is -0.249. The Balaban J connectivity index is 4.04. The van der Waals surface area contributed by atoms with Crippen LogP contribution >= 0.6 is 0 Å². The van der Waals surface area contributed by atoms with Gasteiger partial charge in [-0.25, -0.2) is 0 Å². The highest BCUT2D eigenvalue weighted by molar-refractivity contribution is 7.87. The molecule has 17 heavy (non-hydrogen) atoms. The normalized spacial score (nSPS) is 13.1. The molecule has 0 aromatic carbocycles. The van der Waals surface area contributed by atoms with Crippen LogP contribution in [0.2, 0.25) is 0 Å². The number of rotatable bonds is 8. The highest BCUT2D eigenvalue weighted by Gasteiger charge is 2.35. The van der Waals surface area contributed by atoms with Gasteiger partial charge < -0.3 is 15.2 Å². The van der Waals surface area contributed by atoms with Gasteiger partial charge in [0.1, 0.15) is 10.5 Å².